The SMILES string of the molecule is CCc1ccc(Nc2c(Cl)cccc2Cl)c(C(CC(=O)O)C(=O)O)c1. The minimum absolute atomic E-state index is 0.378. The number of carbonyl (C=O) groups is 2. The normalized spacial score (nSPS) is 11.8. The second-order valence-electron chi connectivity index (χ2n) is 5.49. The van der Waals surface area contributed by atoms with Crippen LogP contribution >= 0.6 is 23.2 Å². The van der Waals surface area contributed by atoms with Crippen molar-refractivity contribution in [2.45, 2.75) is 25.7 Å². The van der Waals surface area contributed by atoms with Crippen LogP contribution in [0.4, 0.5) is 11.4 Å². The molecule has 132 valence electrons. The standard InChI is InChI=1S/C18H17Cl2NO4/c1-2-10-6-7-15(21-17-13(19)4-3-5-14(17)20)11(8-10)12(18(24)25)9-16(22)23/h3-8,12,21H,2,9H2,1H3,(H,22,23)(H,24,25). The fourth-order valence-electron chi connectivity index (χ4n) is 2.49. The van der Waals surface area contributed by atoms with E-state index in [4.69, 9.17) is 28.3 Å². The lowest BCUT2D eigenvalue weighted by Crippen LogP contribution is -2.17. The minimum atomic E-state index is -1.20. The van der Waals surface area contributed by atoms with Gasteiger partial charge in [0.15, 0.2) is 0 Å². The van der Waals surface area contributed by atoms with Gasteiger partial charge in [-0.25, -0.2) is 0 Å². The average Bonchev–Trinajstić information content (AvgIpc) is 2.56. The first kappa shape index (κ1) is 19.1. The van der Waals surface area contributed by atoms with E-state index in [1.165, 1.54) is 0 Å². The monoisotopic (exact) mass is 381 g/mol. The second-order valence-corrected chi connectivity index (χ2v) is 6.30. The predicted octanol–water partition coefficient (Wildman–Crippen LogP) is 4.94. The fraction of sp³-hybridized carbons (Fsp3) is 0.222. The van der Waals surface area contributed by atoms with Crippen LogP contribution in [-0.4, -0.2) is 22.2 Å². The zero-order valence-electron chi connectivity index (χ0n) is 13.4. The van der Waals surface area contributed by atoms with Crippen molar-refractivity contribution in [3.63, 3.8) is 0 Å². The molecule has 0 heterocycles. The summed E-state index contributed by atoms with van der Waals surface area (Å²) in [5, 5.41) is 22.4. The summed E-state index contributed by atoms with van der Waals surface area (Å²) < 4.78 is 0. The van der Waals surface area contributed by atoms with Gasteiger partial charge in [0, 0.05) is 5.69 Å². The first-order chi connectivity index (χ1) is 11.8. The van der Waals surface area contributed by atoms with Gasteiger partial charge in [0.2, 0.25) is 0 Å². The lowest BCUT2D eigenvalue weighted by atomic mass is 9.92. The number of anilines is 2. The maximum absolute atomic E-state index is 11.6. The number of benzene rings is 2. The van der Waals surface area contributed by atoms with Gasteiger partial charge in [-0.2, -0.15) is 0 Å². The smallest absolute Gasteiger partial charge is 0.311 e. The molecular weight excluding hydrogens is 365 g/mol. The number of hydrogen-bond acceptors (Lipinski definition) is 3. The Balaban J connectivity index is 2.54. The lowest BCUT2D eigenvalue weighted by molar-refractivity contribution is -0.145. The van der Waals surface area contributed by atoms with E-state index >= 15 is 0 Å². The summed E-state index contributed by atoms with van der Waals surface area (Å²) in [6, 6.07) is 10.3. The van der Waals surface area contributed by atoms with Crippen molar-refractivity contribution < 1.29 is 19.8 Å². The largest absolute Gasteiger partial charge is 0.481 e. The summed E-state index contributed by atoms with van der Waals surface area (Å²) in [4.78, 5) is 22.7. The van der Waals surface area contributed by atoms with E-state index in [9.17, 15) is 14.7 Å². The van der Waals surface area contributed by atoms with Crippen LogP contribution in [0.15, 0.2) is 36.4 Å². The Morgan fingerprint density at radius 3 is 2.28 bits per heavy atom. The Morgan fingerprint density at radius 1 is 1.12 bits per heavy atom. The summed E-state index contributed by atoms with van der Waals surface area (Å²) >= 11 is 12.3. The lowest BCUT2D eigenvalue weighted by Gasteiger charge is -2.19. The summed E-state index contributed by atoms with van der Waals surface area (Å²) in [7, 11) is 0. The van der Waals surface area contributed by atoms with Gasteiger partial charge in [0.05, 0.1) is 28.1 Å². The van der Waals surface area contributed by atoms with Crippen molar-refractivity contribution in [2.24, 2.45) is 0 Å². The van der Waals surface area contributed by atoms with E-state index in [0.717, 1.165) is 5.56 Å². The summed E-state index contributed by atoms with van der Waals surface area (Å²) in [6.45, 7) is 1.93. The number of carboxylic acid groups (broad SMARTS) is 2. The molecule has 0 aromatic heterocycles. The fourth-order valence-corrected chi connectivity index (χ4v) is 2.98. The zero-order chi connectivity index (χ0) is 18.6. The van der Waals surface area contributed by atoms with Crippen LogP contribution in [0.1, 0.15) is 30.4 Å². The Labute approximate surface area is 155 Å². The van der Waals surface area contributed by atoms with Gasteiger partial charge >= 0.3 is 11.9 Å². The van der Waals surface area contributed by atoms with Crippen molar-refractivity contribution in [3.05, 3.63) is 57.6 Å². The zero-order valence-corrected chi connectivity index (χ0v) is 14.9. The molecule has 1 unspecified atom stereocenters. The molecule has 2 rings (SSSR count). The number of halogens is 2. The second kappa shape index (κ2) is 8.23. The molecule has 0 aliphatic rings. The Kier molecular flexibility index (Phi) is 6.28. The molecule has 5 nitrogen and oxygen atoms in total. The molecule has 0 amide bonds. The number of para-hydroxylation sites is 1. The van der Waals surface area contributed by atoms with Crippen LogP contribution in [0.2, 0.25) is 10.0 Å². The van der Waals surface area contributed by atoms with Gasteiger partial charge in [-0.05, 0) is 35.7 Å². The summed E-state index contributed by atoms with van der Waals surface area (Å²) in [6.07, 6.45) is 0.174. The van der Waals surface area contributed by atoms with Gasteiger partial charge in [-0.1, -0.05) is 48.3 Å². The van der Waals surface area contributed by atoms with Gasteiger partial charge in [-0.3, -0.25) is 9.59 Å². The molecule has 0 saturated heterocycles. The van der Waals surface area contributed by atoms with Crippen molar-refractivity contribution in [1.82, 2.24) is 0 Å². The predicted molar refractivity (Wildman–Crippen MR) is 98.2 cm³/mol. The minimum Gasteiger partial charge on any atom is -0.481 e. The molecule has 0 radical (unpaired) electrons. The van der Waals surface area contributed by atoms with Crippen LogP contribution in [0.5, 0.6) is 0 Å². The van der Waals surface area contributed by atoms with Gasteiger partial charge in [0.25, 0.3) is 0 Å². The van der Waals surface area contributed by atoms with Crippen LogP contribution in [-0.2, 0) is 16.0 Å². The van der Waals surface area contributed by atoms with Crippen molar-refractivity contribution in [3.8, 4) is 0 Å². The number of hydrogen-bond donors (Lipinski definition) is 3. The molecule has 0 aliphatic carbocycles. The van der Waals surface area contributed by atoms with E-state index < -0.39 is 24.3 Å². The van der Waals surface area contributed by atoms with Crippen molar-refractivity contribution in [1.29, 1.82) is 0 Å². The highest BCUT2D eigenvalue weighted by atomic mass is 35.5. The first-order valence-corrected chi connectivity index (χ1v) is 8.37. The quantitative estimate of drug-likeness (QED) is 0.631. The van der Waals surface area contributed by atoms with E-state index in [-0.39, 0.29) is 0 Å². The average molecular weight is 382 g/mol. The maximum Gasteiger partial charge on any atom is 0.311 e. The van der Waals surface area contributed by atoms with E-state index in [1.807, 2.05) is 13.0 Å². The Hall–Kier alpha value is -2.24. The van der Waals surface area contributed by atoms with Gasteiger partial charge in [-0.15, -0.1) is 0 Å². The molecule has 0 saturated carbocycles. The summed E-state index contributed by atoms with van der Waals surface area (Å²) in [5.74, 6) is -3.58. The van der Waals surface area contributed by atoms with Crippen LogP contribution in [0, 0.1) is 0 Å². The number of nitrogens with one attached hydrogen (secondary N) is 1. The maximum atomic E-state index is 11.6. The highest BCUT2D eigenvalue weighted by Crippen LogP contribution is 2.36. The molecule has 25 heavy (non-hydrogen) atoms. The molecule has 0 spiro atoms. The van der Waals surface area contributed by atoms with Crippen molar-refractivity contribution >= 4 is 46.5 Å². The molecule has 7 heteroatoms. The van der Waals surface area contributed by atoms with Crippen LogP contribution in [0.3, 0.4) is 0 Å². The molecule has 2 aromatic carbocycles. The molecular formula is C18H17Cl2NO4. The topological polar surface area (TPSA) is 86.6 Å². The van der Waals surface area contributed by atoms with Crippen molar-refractivity contribution in [2.75, 3.05) is 5.32 Å². The Morgan fingerprint density at radius 2 is 1.76 bits per heavy atom. The van der Waals surface area contributed by atoms with Gasteiger partial charge in [0.1, 0.15) is 0 Å². The highest BCUT2D eigenvalue weighted by Gasteiger charge is 2.26. The number of carboxylic acids is 2. The van der Waals surface area contributed by atoms with E-state index in [0.29, 0.717) is 33.4 Å². The third-order valence-corrected chi connectivity index (χ3v) is 4.43. The number of aliphatic carboxylic acids is 2. The molecule has 0 bridgehead atoms. The molecule has 0 fully saturated rings. The molecule has 0 aliphatic heterocycles. The third kappa shape index (κ3) is 4.65. The van der Waals surface area contributed by atoms with E-state index in [1.54, 1.807) is 30.3 Å². The molecule has 3 N–H and O–H groups in total. The van der Waals surface area contributed by atoms with E-state index in [2.05, 4.69) is 5.32 Å². The third-order valence-electron chi connectivity index (χ3n) is 3.80. The van der Waals surface area contributed by atoms with Crippen LogP contribution in [0.25, 0.3) is 0 Å². The van der Waals surface area contributed by atoms with Crippen LogP contribution < -0.4 is 5.32 Å². The Bertz CT molecular complexity index is 787. The number of aryl methyl sites for hydroxylation is 1. The summed E-state index contributed by atoms with van der Waals surface area (Å²) in [5.41, 5.74) is 2.18. The molecule has 1 atom stereocenters. The van der Waals surface area contributed by atoms with Gasteiger partial charge < -0.3 is 15.5 Å². The molecule has 2 aromatic rings. The highest BCUT2D eigenvalue weighted by molar-refractivity contribution is 6.39. The number of rotatable bonds is 7. The first-order valence-electron chi connectivity index (χ1n) is 7.62.